The number of cyclic esters (lactones) is 1. The molecule has 0 saturated carbocycles. The number of hydrogen-bond acceptors (Lipinski definition) is 8. The predicted octanol–water partition coefficient (Wildman–Crippen LogP) is 2.97. The number of carbonyl (C=O) groups is 2. The molecule has 0 atom stereocenters. The van der Waals surface area contributed by atoms with Gasteiger partial charge in [0.2, 0.25) is 11.0 Å². The molecule has 126 valence electrons. The van der Waals surface area contributed by atoms with E-state index >= 15 is 0 Å². The molecule has 0 aliphatic carbocycles. The van der Waals surface area contributed by atoms with Crippen molar-refractivity contribution < 1.29 is 14.3 Å². The Labute approximate surface area is 147 Å². The van der Waals surface area contributed by atoms with Gasteiger partial charge in [-0.2, -0.15) is 0 Å². The van der Waals surface area contributed by atoms with Gasteiger partial charge < -0.3 is 10.1 Å². The van der Waals surface area contributed by atoms with E-state index in [1.54, 1.807) is 0 Å². The highest BCUT2D eigenvalue weighted by Crippen LogP contribution is 2.29. The first-order chi connectivity index (χ1) is 11.5. The predicted molar refractivity (Wildman–Crippen MR) is 92.9 cm³/mol. The number of benzene rings is 1. The van der Waals surface area contributed by atoms with Crippen LogP contribution in [-0.4, -0.2) is 46.0 Å². The molecular formula is C15H16N4O3S2. The van der Waals surface area contributed by atoms with Crippen LogP contribution in [0.1, 0.15) is 11.1 Å². The lowest BCUT2D eigenvalue weighted by molar-refractivity contribution is -0.125. The summed E-state index contributed by atoms with van der Waals surface area (Å²) in [6.45, 7) is 4.67. The second-order valence-electron chi connectivity index (χ2n) is 5.19. The molecule has 7 nitrogen and oxygen atoms in total. The van der Waals surface area contributed by atoms with Crippen LogP contribution in [0.5, 0.6) is 0 Å². The van der Waals surface area contributed by atoms with Crippen LogP contribution in [0.25, 0.3) is 0 Å². The smallest absolute Gasteiger partial charge is 0.416 e. The molecule has 2 heterocycles. The Hall–Kier alpha value is -2.13. The minimum Gasteiger partial charge on any atom is -0.447 e. The van der Waals surface area contributed by atoms with Crippen molar-refractivity contribution in [1.82, 2.24) is 15.1 Å². The van der Waals surface area contributed by atoms with Gasteiger partial charge in [-0.15, -0.1) is 10.2 Å². The fourth-order valence-electron chi connectivity index (χ4n) is 2.14. The average molecular weight is 364 g/mol. The number of carbonyl (C=O) groups excluding carboxylic acids is 2. The third-order valence-corrected chi connectivity index (χ3v) is 5.59. The minimum atomic E-state index is -0.574. The molecule has 24 heavy (non-hydrogen) atoms. The molecule has 1 fully saturated rings. The van der Waals surface area contributed by atoms with E-state index in [0.717, 1.165) is 16.2 Å². The summed E-state index contributed by atoms with van der Waals surface area (Å²) < 4.78 is 5.42. The monoisotopic (exact) mass is 364 g/mol. The Morgan fingerprint density at radius 1 is 1.42 bits per heavy atom. The van der Waals surface area contributed by atoms with E-state index in [2.05, 4.69) is 28.5 Å². The van der Waals surface area contributed by atoms with Crippen molar-refractivity contribution in [2.45, 2.75) is 18.2 Å². The second-order valence-corrected chi connectivity index (χ2v) is 7.39. The van der Waals surface area contributed by atoms with Crippen molar-refractivity contribution in [2.75, 3.05) is 24.2 Å². The second kappa shape index (κ2) is 7.18. The Morgan fingerprint density at radius 2 is 2.25 bits per heavy atom. The molecular weight excluding hydrogens is 348 g/mol. The highest BCUT2D eigenvalue weighted by molar-refractivity contribution is 8.01. The molecule has 3 rings (SSSR count). The zero-order valence-corrected chi connectivity index (χ0v) is 14.9. The van der Waals surface area contributed by atoms with E-state index in [4.69, 9.17) is 4.74 Å². The number of nitrogens with zero attached hydrogens (tertiary/aromatic N) is 3. The van der Waals surface area contributed by atoms with Crippen molar-refractivity contribution >= 4 is 45.9 Å². The summed E-state index contributed by atoms with van der Waals surface area (Å²) in [6, 6.07) is 6.02. The van der Waals surface area contributed by atoms with E-state index in [9.17, 15) is 9.59 Å². The maximum atomic E-state index is 12.0. The Bertz CT molecular complexity index is 778. The van der Waals surface area contributed by atoms with Gasteiger partial charge in [-0.1, -0.05) is 35.2 Å². The number of anilines is 2. The maximum Gasteiger partial charge on any atom is 0.416 e. The van der Waals surface area contributed by atoms with Crippen LogP contribution < -0.4 is 5.32 Å². The Kier molecular flexibility index (Phi) is 5.00. The fourth-order valence-corrected chi connectivity index (χ4v) is 3.78. The number of aromatic nitrogens is 2. The summed E-state index contributed by atoms with van der Waals surface area (Å²) >= 11 is 2.63. The molecule has 0 radical (unpaired) electrons. The number of ether oxygens (including phenoxy) is 1. The summed E-state index contributed by atoms with van der Waals surface area (Å²) in [5.74, 6) is -0.144. The summed E-state index contributed by atoms with van der Waals surface area (Å²) in [7, 11) is 0. The van der Waals surface area contributed by atoms with Gasteiger partial charge in [0.05, 0.1) is 12.3 Å². The zero-order chi connectivity index (χ0) is 17.1. The first-order valence-corrected chi connectivity index (χ1v) is 9.11. The lowest BCUT2D eigenvalue weighted by atomic mass is 10.1. The van der Waals surface area contributed by atoms with Crippen LogP contribution in [0.4, 0.5) is 15.6 Å². The van der Waals surface area contributed by atoms with Crippen LogP contribution in [0.15, 0.2) is 22.5 Å². The number of rotatable bonds is 5. The molecule has 1 N–H and O–H groups in total. The van der Waals surface area contributed by atoms with Crippen LogP contribution >= 0.6 is 23.1 Å². The van der Waals surface area contributed by atoms with Gasteiger partial charge in [0.15, 0.2) is 4.34 Å². The SMILES string of the molecule is Cc1cccc(Nc2nnc(SCC(=O)N3CCOC3=O)s2)c1C. The van der Waals surface area contributed by atoms with Crippen molar-refractivity contribution in [2.24, 2.45) is 0 Å². The lowest BCUT2D eigenvalue weighted by Crippen LogP contribution is -2.32. The van der Waals surface area contributed by atoms with E-state index < -0.39 is 6.09 Å². The Balaban J connectivity index is 1.58. The molecule has 9 heteroatoms. The third kappa shape index (κ3) is 3.68. The van der Waals surface area contributed by atoms with E-state index in [1.165, 1.54) is 28.7 Å². The standard InChI is InChI=1S/C15H16N4O3S2/c1-9-4-3-5-11(10(9)2)16-13-17-18-14(24-13)23-8-12(20)19-6-7-22-15(19)21/h3-5H,6-8H2,1-2H3,(H,16,17). The number of aryl methyl sites for hydroxylation is 1. The molecule has 1 aromatic heterocycles. The lowest BCUT2D eigenvalue weighted by Gasteiger charge is -2.09. The third-order valence-electron chi connectivity index (χ3n) is 3.63. The van der Waals surface area contributed by atoms with Gasteiger partial charge in [0.1, 0.15) is 6.61 Å². The van der Waals surface area contributed by atoms with Gasteiger partial charge in [0.25, 0.3) is 0 Å². The highest BCUT2D eigenvalue weighted by atomic mass is 32.2. The normalized spacial score (nSPS) is 13.9. The van der Waals surface area contributed by atoms with Crippen LogP contribution in [-0.2, 0) is 9.53 Å². The van der Waals surface area contributed by atoms with E-state index in [1.807, 2.05) is 19.1 Å². The fraction of sp³-hybridized carbons (Fsp3) is 0.333. The van der Waals surface area contributed by atoms with E-state index in [0.29, 0.717) is 16.0 Å². The van der Waals surface area contributed by atoms with Gasteiger partial charge in [0, 0.05) is 5.69 Å². The number of hydrogen-bond donors (Lipinski definition) is 1. The number of amides is 2. The number of imide groups is 1. The molecule has 1 saturated heterocycles. The number of nitrogens with one attached hydrogen (secondary N) is 1. The number of thioether (sulfide) groups is 1. The molecule has 0 unspecified atom stereocenters. The highest BCUT2D eigenvalue weighted by Gasteiger charge is 2.28. The Morgan fingerprint density at radius 3 is 3.00 bits per heavy atom. The summed E-state index contributed by atoms with van der Waals surface area (Å²) in [6.07, 6.45) is -0.574. The zero-order valence-electron chi connectivity index (χ0n) is 13.2. The van der Waals surface area contributed by atoms with Gasteiger partial charge >= 0.3 is 6.09 Å². The van der Waals surface area contributed by atoms with Crippen molar-refractivity contribution in [3.63, 3.8) is 0 Å². The molecule has 1 aliphatic heterocycles. The molecule has 1 aliphatic rings. The summed E-state index contributed by atoms with van der Waals surface area (Å²) in [4.78, 5) is 24.4. The van der Waals surface area contributed by atoms with Crippen LogP contribution in [0.2, 0.25) is 0 Å². The van der Waals surface area contributed by atoms with Crippen LogP contribution in [0.3, 0.4) is 0 Å². The van der Waals surface area contributed by atoms with Gasteiger partial charge in [-0.3, -0.25) is 4.79 Å². The van der Waals surface area contributed by atoms with Gasteiger partial charge in [-0.25, -0.2) is 9.69 Å². The van der Waals surface area contributed by atoms with Crippen molar-refractivity contribution in [3.05, 3.63) is 29.3 Å². The minimum absolute atomic E-state index is 0.132. The first-order valence-electron chi connectivity index (χ1n) is 7.31. The summed E-state index contributed by atoms with van der Waals surface area (Å²) in [5.41, 5.74) is 3.34. The van der Waals surface area contributed by atoms with Crippen molar-refractivity contribution in [3.8, 4) is 0 Å². The topological polar surface area (TPSA) is 84.4 Å². The molecule has 2 aromatic rings. The quantitative estimate of drug-likeness (QED) is 0.817. The molecule has 0 spiro atoms. The van der Waals surface area contributed by atoms with Gasteiger partial charge in [-0.05, 0) is 31.0 Å². The maximum absolute atomic E-state index is 12.0. The average Bonchev–Trinajstić information content (AvgIpc) is 3.18. The van der Waals surface area contributed by atoms with E-state index in [-0.39, 0.29) is 18.3 Å². The first kappa shape index (κ1) is 16.7. The largest absolute Gasteiger partial charge is 0.447 e. The summed E-state index contributed by atoms with van der Waals surface area (Å²) in [5, 5.41) is 12.1. The van der Waals surface area contributed by atoms with Crippen LogP contribution in [0, 0.1) is 13.8 Å². The molecule has 0 bridgehead atoms. The molecule has 1 aromatic carbocycles. The molecule has 2 amide bonds. The van der Waals surface area contributed by atoms with Crippen molar-refractivity contribution in [1.29, 1.82) is 0 Å².